The summed E-state index contributed by atoms with van der Waals surface area (Å²) >= 11 is 0. The number of rotatable bonds is 3. The SMILES string of the molecule is CC(C)C(N)c1nc(C2(C)CCCCO2)no1. The maximum Gasteiger partial charge on any atom is 0.243 e. The van der Waals surface area contributed by atoms with Gasteiger partial charge in [-0.3, -0.25) is 0 Å². The zero-order valence-electron chi connectivity index (χ0n) is 10.8. The van der Waals surface area contributed by atoms with Crippen molar-refractivity contribution < 1.29 is 9.26 Å². The van der Waals surface area contributed by atoms with Crippen molar-refractivity contribution >= 4 is 0 Å². The molecule has 1 fully saturated rings. The lowest BCUT2D eigenvalue weighted by Gasteiger charge is -2.30. The average Bonchev–Trinajstić information content (AvgIpc) is 2.78. The Morgan fingerprint density at radius 1 is 1.35 bits per heavy atom. The van der Waals surface area contributed by atoms with Crippen LogP contribution in [-0.2, 0) is 10.3 Å². The minimum atomic E-state index is -0.406. The summed E-state index contributed by atoms with van der Waals surface area (Å²) in [5.74, 6) is 1.41. The van der Waals surface area contributed by atoms with Crippen LogP contribution in [0.5, 0.6) is 0 Å². The van der Waals surface area contributed by atoms with E-state index in [1.54, 1.807) is 0 Å². The van der Waals surface area contributed by atoms with Crippen LogP contribution in [0.15, 0.2) is 4.52 Å². The monoisotopic (exact) mass is 239 g/mol. The Kier molecular flexibility index (Phi) is 3.49. The third-order valence-electron chi connectivity index (χ3n) is 3.39. The predicted molar refractivity (Wildman–Crippen MR) is 63.2 cm³/mol. The smallest absolute Gasteiger partial charge is 0.243 e. The van der Waals surface area contributed by atoms with Crippen LogP contribution in [0, 0.1) is 5.92 Å². The molecule has 2 rings (SSSR count). The summed E-state index contributed by atoms with van der Waals surface area (Å²) in [6.45, 7) is 6.85. The summed E-state index contributed by atoms with van der Waals surface area (Å²) in [5.41, 5.74) is 5.58. The molecule has 96 valence electrons. The molecule has 2 heterocycles. The maximum atomic E-state index is 5.99. The molecule has 2 atom stereocenters. The van der Waals surface area contributed by atoms with Crippen LogP contribution in [0.2, 0.25) is 0 Å². The third-order valence-corrected chi connectivity index (χ3v) is 3.39. The van der Waals surface area contributed by atoms with E-state index in [1.807, 2.05) is 20.8 Å². The Balaban J connectivity index is 2.17. The van der Waals surface area contributed by atoms with Crippen LogP contribution in [0.1, 0.15) is 57.8 Å². The first-order valence-corrected chi connectivity index (χ1v) is 6.26. The molecule has 1 saturated heterocycles. The number of aromatic nitrogens is 2. The van der Waals surface area contributed by atoms with E-state index in [0.717, 1.165) is 25.9 Å². The molecule has 0 saturated carbocycles. The number of nitrogens with two attached hydrogens (primary N) is 1. The topological polar surface area (TPSA) is 74.2 Å². The molecule has 0 bridgehead atoms. The van der Waals surface area contributed by atoms with E-state index in [1.165, 1.54) is 0 Å². The zero-order valence-corrected chi connectivity index (χ0v) is 10.8. The molecule has 1 aliphatic rings. The van der Waals surface area contributed by atoms with Crippen molar-refractivity contribution in [1.29, 1.82) is 0 Å². The standard InChI is InChI=1S/C12H21N3O2/c1-8(2)9(13)10-14-11(15-17-10)12(3)6-4-5-7-16-12/h8-9H,4-7,13H2,1-3H3. The summed E-state index contributed by atoms with van der Waals surface area (Å²) in [5, 5.41) is 4.02. The lowest BCUT2D eigenvalue weighted by Crippen LogP contribution is -2.31. The van der Waals surface area contributed by atoms with E-state index >= 15 is 0 Å². The van der Waals surface area contributed by atoms with Gasteiger partial charge in [-0.2, -0.15) is 4.98 Å². The van der Waals surface area contributed by atoms with E-state index in [2.05, 4.69) is 10.1 Å². The highest BCUT2D eigenvalue weighted by Crippen LogP contribution is 2.33. The molecule has 0 spiro atoms. The van der Waals surface area contributed by atoms with Gasteiger partial charge >= 0.3 is 0 Å². The summed E-state index contributed by atoms with van der Waals surface area (Å²) in [7, 11) is 0. The first-order chi connectivity index (χ1) is 8.03. The van der Waals surface area contributed by atoms with E-state index in [0.29, 0.717) is 11.7 Å². The summed E-state index contributed by atoms with van der Waals surface area (Å²) in [6.07, 6.45) is 3.17. The fraction of sp³-hybridized carbons (Fsp3) is 0.833. The molecule has 2 unspecified atom stereocenters. The van der Waals surface area contributed by atoms with Gasteiger partial charge in [-0.1, -0.05) is 19.0 Å². The minimum absolute atomic E-state index is 0.205. The fourth-order valence-electron chi connectivity index (χ4n) is 1.98. The number of hydrogen-bond donors (Lipinski definition) is 1. The van der Waals surface area contributed by atoms with Crippen LogP contribution in [0.3, 0.4) is 0 Å². The van der Waals surface area contributed by atoms with Gasteiger partial charge in [0, 0.05) is 6.61 Å². The molecule has 5 heteroatoms. The van der Waals surface area contributed by atoms with Gasteiger partial charge in [0.2, 0.25) is 11.7 Å². The highest BCUT2D eigenvalue weighted by molar-refractivity contribution is 5.02. The van der Waals surface area contributed by atoms with Crippen molar-refractivity contribution in [3.8, 4) is 0 Å². The molecule has 5 nitrogen and oxygen atoms in total. The first-order valence-electron chi connectivity index (χ1n) is 6.26. The Hall–Kier alpha value is -0.940. The Bertz CT molecular complexity index is 370. The van der Waals surface area contributed by atoms with Gasteiger partial charge in [-0.25, -0.2) is 0 Å². The third kappa shape index (κ3) is 2.50. The summed E-state index contributed by atoms with van der Waals surface area (Å²) in [6, 6.07) is -0.205. The second kappa shape index (κ2) is 4.74. The Morgan fingerprint density at radius 2 is 2.12 bits per heavy atom. The first kappa shape index (κ1) is 12.5. The van der Waals surface area contributed by atoms with Crippen LogP contribution in [0.4, 0.5) is 0 Å². The lowest BCUT2D eigenvalue weighted by molar-refractivity contribution is -0.0770. The van der Waals surface area contributed by atoms with Gasteiger partial charge in [0.15, 0.2) is 0 Å². The van der Waals surface area contributed by atoms with Crippen molar-refractivity contribution in [1.82, 2.24) is 10.1 Å². The molecule has 0 aromatic carbocycles. The van der Waals surface area contributed by atoms with Gasteiger partial charge in [0.05, 0.1) is 6.04 Å². The lowest BCUT2D eigenvalue weighted by atomic mass is 9.95. The van der Waals surface area contributed by atoms with Crippen LogP contribution >= 0.6 is 0 Å². The van der Waals surface area contributed by atoms with E-state index in [4.69, 9.17) is 15.0 Å². The van der Waals surface area contributed by atoms with Crippen LogP contribution < -0.4 is 5.73 Å². The molecule has 0 amide bonds. The van der Waals surface area contributed by atoms with Crippen LogP contribution in [-0.4, -0.2) is 16.7 Å². The summed E-state index contributed by atoms with van der Waals surface area (Å²) < 4.78 is 11.0. The highest BCUT2D eigenvalue weighted by Gasteiger charge is 2.35. The summed E-state index contributed by atoms with van der Waals surface area (Å²) in [4.78, 5) is 4.40. The molecule has 0 radical (unpaired) electrons. The predicted octanol–water partition coefficient (Wildman–Crippen LogP) is 2.14. The van der Waals surface area contributed by atoms with Gasteiger partial charge in [-0.05, 0) is 32.1 Å². The maximum absolute atomic E-state index is 5.99. The van der Waals surface area contributed by atoms with E-state index < -0.39 is 5.60 Å². The molecule has 2 N–H and O–H groups in total. The van der Waals surface area contributed by atoms with Crippen molar-refractivity contribution in [2.45, 2.75) is 51.7 Å². The van der Waals surface area contributed by atoms with Crippen LogP contribution in [0.25, 0.3) is 0 Å². The number of nitrogens with zero attached hydrogens (tertiary/aromatic N) is 2. The molecule has 1 aromatic heterocycles. The Labute approximate surface area is 102 Å². The normalized spacial score (nSPS) is 27.4. The van der Waals surface area contributed by atoms with E-state index in [-0.39, 0.29) is 12.0 Å². The van der Waals surface area contributed by atoms with Gasteiger partial charge in [0.1, 0.15) is 5.60 Å². The quantitative estimate of drug-likeness (QED) is 0.874. The van der Waals surface area contributed by atoms with Crippen molar-refractivity contribution in [2.75, 3.05) is 6.61 Å². The van der Waals surface area contributed by atoms with Crippen molar-refractivity contribution in [2.24, 2.45) is 11.7 Å². The number of hydrogen-bond acceptors (Lipinski definition) is 5. The molecular weight excluding hydrogens is 218 g/mol. The molecule has 17 heavy (non-hydrogen) atoms. The molecule has 1 aromatic rings. The van der Waals surface area contributed by atoms with E-state index in [9.17, 15) is 0 Å². The minimum Gasteiger partial charge on any atom is -0.367 e. The van der Waals surface area contributed by atoms with Gasteiger partial charge in [-0.15, -0.1) is 0 Å². The van der Waals surface area contributed by atoms with Crippen molar-refractivity contribution in [3.05, 3.63) is 11.7 Å². The molecule has 0 aliphatic carbocycles. The zero-order chi connectivity index (χ0) is 12.5. The second-order valence-corrected chi connectivity index (χ2v) is 5.26. The highest BCUT2D eigenvalue weighted by atomic mass is 16.5. The largest absolute Gasteiger partial charge is 0.367 e. The Morgan fingerprint density at radius 3 is 2.71 bits per heavy atom. The van der Waals surface area contributed by atoms with Gasteiger partial charge in [0.25, 0.3) is 0 Å². The van der Waals surface area contributed by atoms with Crippen molar-refractivity contribution in [3.63, 3.8) is 0 Å². The second-order valence-electron chi connectivity index (χ2n) is 5.26. The van der Waals surface area contributed by atoms with Gasteiger partial charge < -0.3 is 15.0 Å². The fourth-order valence-corrected chi connectivity index (χ4v) is 1.98. The molecule has 1 aliphatic heterocycles. The molecular formula is C12H21N3O2. The number of ether oxygens (including phenoxy) is 1. The average molecular weight is 239 g/mol.